The van der Waals surface area contributed by atoms with Gasteiger partial charge in [-0.3, -0.25) is 0 Å². The van der Waals surface area contributed by atoms with Gasteiger partial charge in [0.25, 0.3) is 0 Å². The second-order valence-corrected chi connectivity index (χ2v) is 18.1. The monoisotopic (exact) mass is 653 g/mol. The molecule has 0 aromatic rings. The van der Waals surface area contributed by atoms with Crippen molar-refractivity contribution in [2.75, 3.05) is 13.2 Å². The van der Waals surface area contributed by atoms with E-state index in [4.69, 9.17) is 8.85 Å². The molecule has 0 amide bonds. The number of hydrogen-bond acceptors (Lipinski definition) is 2. The summed E-state index contributed by atoms with van der Waals surface area (Å²) in [6.45, 7) is 10.9. The molecule has 0 N–H and O–H groups in total. The van der Waals surface area contributed by atoms with Gasteiger partial charge < -0.3 is 8.85 Å². The Hall–Kier alpha value is 0.137. The Morgan fingerprint density at radius 3 is 0.644 bits per heavy atom. The molecule has 0 unspecified atom stereocenters. The van der Waals surface area contributed by atoms with Crippen LogP contribution in [0.4, 0.5) is 0 Å². The molecule has 0 rings (SSSR count). The zero-order valence-electron chi connectivity index (χ0n) is 32.2. The van der Waals surface area contributed by atoms with Gasteiger partial charge in [0, 0.05) is 13.2 Å². The van der Waals surface area contributed by atoms with Crippen LogP contribution in [-0.2, 0) is 8.85 Å². The molecule has 0 fully saturated rings. The van der Waals surface area contributed by atoms with Crippen LogP contribution in [0.3, 0.4) is 0 Å². The molecule has 0 spiro atoms. The lowest BCUT2D eigenvalue weighted by atomic mass is 10.0. The standard InChI is InChI=1S/C42H88O2Si/c1-5-9-11-13-15-17-19-21-23-25-27-29-31-33-35-37-41-45(43-39-7-3,44-40-8-4)42-38-36-34-32-30-28-26-24-22-20-18-16-14-12-10-6-2/h5-42H2,1-4H3. The van der Waals surface area contributed by atoms with Gasteiger partial charge in [-0.15, -0.1) is 0 Å². The third kappa shape index (κ3) is 33.8. The van der Waals surface area contributed by atoms with Crippen LogP contribution in [-0.4, -0.2) is 21.8 Å². The van der Waals surface area contributed by atoms with Crippen molar-refractivity contribution in [3.05, 3.63) is 0 Å². The number of unbranched alkanes of at least 4 members (excludes halogenated alkanes) is 30. The van der Waals surface area contributed by atoms with Crippen molar-refractivity contribution in [2.24, 2.45) is 0 Å². The van der Waals surface area contributed by atoms with E-state index in [0.29, 0.717) is 0 Å². The lowest BCUT2D eigenvalue weighted by molar-refractivity contribution is 0.165. The van der Waals surface area contributed by atoms with E-state index in [1.165, 1.54) is 218 Å². The average molecular weight is 653 g/mol. The van der Waals surface area contributed by atoms with Crippen molar-refractivity contribution in [1.82, 2.24) is 0 Å². The maximum absolute atomic E-state index is 6.65. The number of hydrogen-bond donors (Lipinski definition) is 0. The van der Waals surface area contributed by atoms with Crippen LogP contribution in [0.25, 0.3) is 0 Å². The minimum atomic E-state index is -2.05. The van der Waals surface area contributed by atoms with Crippen LogP contribution >= 0.6 is 0 Å². The molecule has 0 radical (unpaired) electrons. The Kier molecular flexibility index (Phi) is 38.7. The first-order valence-corrected chi connectivity index (χ1v) is 23.8. The van der Waals surface area contributed by atoms with Gasteiger partial charge >= 0.3 is 8.56 Å². The Balaban J connectivity index is 3.92. The first kappa shape index (κ1) is 45.1. The molecule has 0 saturated heterocycles. The largest absolute Gasteiger partial charge is 0.394 e. The highest BCUT2D eigenvalue weighted by Gasteiger charge is 2.36. The highest BCUT2D eigenvalue weighted by atomic mass is 28.4. The Bertz CT molecular complexity index is 479. The van der Waals surface area contributed by atoms with Crippen LogP contribution in [0, 0.1) is 0 Å². The van der Waals surface area contributed by atoms with Gasteiger partial charge in [0.15, 0.2) is 0 Å². The van der Waals surface area contributed by atoms with E-state index in [1.807, 2.05) is 0 Å². The second kappa shape index (κ2) is 38.6. The third-order valence-corrected chi connectivity index (χ3v) is 13.7. The summed E-state index contributed by atoms with van der Waals surface area (Å²) in [4.78, 5) is 0. The van der Waals surface area contributed by atoms with Gasteiger partial charge in [-0.2, -0.15) is 0 Å². The Labute approximate surface area is 288 Å². The fourth-order valence-corrected chi connectivity index (χ4v) is 10.6. The molecule has 0 aromatic carbocycles. The normalized spacial score (nSPS) is 12.0. The van der Waals surface area contributed by atoms with E-state index < -0.39 is 8.56 Å². The maximum Gasteiger partial charge on any atom is 0.338 e. The third-order valence-electron chi connectivity index (χ3n) is 9.96. The van der Waals surface area contributed by atoms with Crippen LogP contribution < -0.4 is 0 Å². The van der Waals surface area contributed by atoms with E-state index in [9.17, 15) is 0 Å². The van der Waals surface area contributed by atoms with E-state index in [-0.39, 0.29) is 0 Å². The first-order chi connectivity index (χ1) is 22.2. The molecule has 0 aromatic heterocycles. The summed E-state index contributed by atoms with van der Waals surface area (Å²) in [5.74, 6) is 0. The van der Waals surface area contributed by atoms with Gasteiger partial charge in [0.2, 0.25) is 0 Å². The van der Waals surface area contributed by atoms with Crippen molar-refractivity contribution >= 4 is 8.56 Å². The van der Waals surface area contributed by atoms with Crippen molar-refractivity contribution in [2.45, 2.75) is 258 Å². The molecule has 0 atom stereocenters. The molecule has 272 valence electrons. The summed E-state index contributed by atoms with van der Waals surface area (Å²) >= 11 is 0. The number of rotatable bonds is 40. The summed E-state index contributed by atoms with van der Waals surface area (Å²) in [6, 6.07) is 2.45. The predicted molar refractivity (Wildman–Crippen MR) is 207 cm³/mol. The summed E-state index contributed by atoms with van der Waals surface area (Å²) in [5, 5.41) is 0. The van der Waals surface area contributed by atoms with Crippen LogP contribution in [0.2, 0.25) is 12.1 Å². The molecule has 0 bridgehead atoms. The van der Waals surface area contributed by atoms with Crippen LogP contribution in [0.1, 0.15) is 246 Å². The first-order valence-electron chi connectivity index (χ1n) is 21.5. The lowest BCUT2D eigenvalue weighted by Gasteiger charge is -2.31. The molecule has 0 aliphatic heterocycles. The Morgan fingerprint density at radius 2 is 0.444 bits per heavy atom. The summed E-state index contributed by atoms with van der Waals surface area (Å²) < 4.78 is 13.3. The van der Waals surface area contributed by atoms with E-state index >= 15 is 0 Å². The SMILES string of the molecule is CCCCCCCCCCCCCCCCCC[Si](CCCCCCCCCCCCCCCCCC)(OCCC)OCCC. The fourth-order valence-electron chi connectivity index (χ4n) is 6.92. The molecule has 2 nitrogen and oxygen atoms in total. The lowest BCUT2D eigenvalue weighted by Crippen LogP contribution is -2.42. The van der Waals surface area contributed by atoms with Gasteiger partial charge in [-0.1, -0.05) is 233 Å². The highest BCUT2D eigenvalue weighted by Crippen LogP contribution is 2.27. The zero-order chi connectivity index (χ0) is 32.8. The molecular weight excluding hydrogens is 565 g/mol. The van der Waals surface area contributed by atoms with Gasteiger partial charge in [-0.05, 0) is 24.9 Å². The van der Waals surface area contributed by atoms with Gasteiger partial charge in [-0.25, -0.2) is 0 Å². The molecule has 0 heterocycles. The zero-order valence-corrected chi connectivity index (χ0v) is 33.2. The molecule has 3 heteroatoms. The predicted octanol–water partition coefficient (Wildman–Crippen LogP) is 15.8. The van der Waals surface area contributed by atoms with Crippen LogP contribution in [0.5, 0.6) is 0 Å². The quantitative estimate of drug-likeness (QED) is 0.0484. The van der Waals surface area contributed by atoms with Crippen molar-refractivity contribution in [1.29, 1.82) is 0 Å². The Morgan fingerprint density at radius 1 is 0.244 bits per heavy atom. The van der Waals surface area contributed by atoms with Crippen LogP contribution in [0.15, 0.2) is 0 Å². The molecular formula is C42H88O2Si. The smallest absolute Gasteiger partial charge is 0.338 e. The maximum atomic E-state index is 6.65. The topological polar surface area (TPSA) is 18.5 Å². The molecule has 45 heavy (non-hydrogen) atoms. The summed E-state index contributed by atoms with van der Waals surface area (Å²) in [5.41, 5.74) is 0. The fraction of sp³-hybridized carbons (Fsp3) is 1.00. The second-order valence-electron chi connectivity index (χ2n) is 14.7. The van der Waals surface area contributed by atoms with Crippen molar-refractivity contribution in [3.8, 4) is 0 Å². The summed E-state index contributed by atoms with van der Waals surface area (Å²) in [7, 11) is -2.05. The van der Waals surface area contributed by atoms with E-state index in [1.54, 1.807) is 0 Å². The van der Waals surface area contributed by atoms with Crippen molar-refractivity contribution < 1.29 is 8.85 Å². The van der Waals surface area contributed by atoms with Gasteiger partial charge in [0.1, 0.15) is 0 Å². The average Bonchev–Trinajstić information content (AvgIpc) is 3.05. The minimum Gasteiger partial charge on any atom is -0.394 e. The van der Waals surface area contributed by atoms with Gasteiger partial charge in [0.05, 0.1) is 0 Å². The molecule has 0 aliphatic carbocycles. The van der Waals surface area contributed by atoms with Crippen molar-refractivity contribution in [3.63, 3.8) is 0 Å². The summed E-state index contributed by atoms with van der Waals surface area (Å²) in [6.07, 6.45) is 48.1. The molecule has 0 aliphatic rings. The van der Waals surface area contributed by atoms with E-state index in [2.05, 4.69) is 27.7 Å². The van der Waals surface area contributed by atoms with E-state index in [0.717, 1.165) is 26.1 Å². The molecule has 0 saturated carbocycles. The minimum absolute atomic E-state index is 0.896. The highest BCUT2D eigenvalue weighted by molar-refractivity contribution is 6.67.